The summed E-state index contributed by atoms with van der Waals surface area (Å²) in [5.41, 5.74) is 4.11. The van der Waals surface area contributed by atoms with Crippen LogP contribution in [0.25, 0.3) is 0 Å². The normalized spacial score (nSPS) is 18.6. The number of nitrogens with one attached hydrogen (secondary N) is 1. The minimum atomic E-state index is 0.163. The topological polar surface area (TPSA) is 56.5 Å². The van der Waals surface area contributed by atoms with Crippen LogP contribution in [0, 0.1) is 5.92 Å². The van der Waals surface area contributed by atoms with Crippen LogP contribution >= 0.6 is 15.9 Å². The molecule has 1 unspecified atom stereocenters. The van der Waals surface area contributed by atoms with E-state index in [2.05, 4.69) is 33.5 Å². The molecule has 1 aromatic rings. The highest BCUT2D eigenvalue weighted by atomic mass is 79.9. The van der Waals surface area contributed by atoms with Gasteiger partial charge in [0.15, 0.2) is 0 Å². The number of methoxy groups -OCH3 is 1. The molecule has 5 heteroatoms. The van der Waals surface area contributed by atoms with Gasteiger partial charge in [-0.3, -0.25) is 11.3 Å². The average molecular weight is 315 g/mol. The average Bonchev–Trinajstić information content (AvgIpc) is 2.41. The lowest BCUT2D eigenvalue weighted by Crippen LogP contribution is -2.36. The van der Waals surface area contributed by atoms with Crippen LogP contribution in [0.4, 0.5) is 0 Å². The van der Waals surface area contributed by atoms with Crippen molar-refractivity contribution in [1.82, 2.24) is 5.43 Å². The molecule has 1 saturated heterocycles. The molecule has 1 atom stereocenters. The summed E-state index contributed by atoms with van der Waals surface area (Å²) in [6.45, 7) is 1.64. The van der Waals surface area contributed by atoms with E-state index in [0.29, 0.717) is 5.92 Å². The third-order valence-electron chi connectivity index (χ3n) is 3.45. The van der Waals surface area contributed by atoms with E-state index in [1.807, 2.05) is 6.07 Å². The van der Waals surface area contributed by atoms with E-state index in [1.54, 1.807) is 7.11 Å². The summed E-state index contributed by atoms with van der Waals surface area (Å²) in [6.07, 6.45) is 2.08. The predicted molar refractivity (Wildman–Crippen MR) is 74.3 cm³/mol. The molecular formula is C13H19BrN2O2. The maximum absolute atomic E-state index is 5.72. The summed E-state index contributed by atoms with van der Waals surface area (Å²) in [5, 5.41) is 0. The molecule has 0 spiro atoms. The van der Waals surface area contributed by atoms with Gasteiger partial charge in [-0.2, -0.15) is 0 Å². The van der Waals surface area contributed by atoms with Gasteiger partial charge in [-0.05, 0) is 52.4 Å². The fourth-order valence-electron chi connectivity index (χ4n) is 2.43. The number of halogens is 1. The summed E-state index contributed by atoms with van der Waals surface area (Å²) in [6, 6.07) is 6.25. The zero-order valence-corrected chi connectivity index (χ0v) is 12.1. The number of hydrogen-bond acceptors (Lipinski definition) is 4. The lowest BCUT2D eigenvalue weighted by molar-refractivity contribution is 0.0536. The molecule has 0 saturated carbocycles. The first kappa shape index (κ1) is 13.8. The Bertz CT molecular complexity index is 395. The molecule has 1 aromatic carbocycles. The largest absolute Gasteiger partial charge is 0.496 e. The van der Waals surface area contributed by atoms with Crippen molar-refractivity contribution in [3.63, 3.8) is 0 Å². The van der Waals surface area contributed by atoms with Crippen LogP contribution < -0.4 is 16.0 Å². The van der Waals surface area contributed by atoms with Crippen molar-refractivity contribution in [2.24, 2.45) is 11.8 Å². The zero-order chi connectivity index (χ0) is 13.0. The van der Waals surface area contributed by atoms with Crippen LogP contribution in [0.1, 0.15) is 24.4 Å². The van der Waals surface area contributed by atoms with E-state index >= 15 is 0 Å². The Kier molecular flexibility index (Phi) is 5.00. The Hall–Kier alpha value is -0.620. The molecule has 4 nitrogen and oxygen atoms in total. The molecule has 0 aromatic heterocycles. The second kappa shape index (κ2) is 6.52. The quantitative estimate of drug-likeness (QED) is 0.662. The summed E-state index contributed by atoms with van der Waals surface area (Å²) in [4.78, 5) is 0. The standard InChI is InChI=1S/C13H19BrN2O2/c1-17-12-3-2-10(8-11(12)14)13(16-15)9-4-6-18-7-5-9/h2-3,8-9,13,16H,4-7,15H2,1H3. The van der Waals surface area contributed by atoms with E-state index in [0.717, 1.165) is 36.3 Å². The molecule has 0 bridgehead atoms. The monoisotopic (exact) mass is 314 g/mol. The van der Waals surface area contributed by atoms with Crippen molar-refractivity contribution in [2.75, 3.05) is 20.3 Å². The summed E-state index contributed by atoms with van der Waals surface area (Å²) in [7, 11) is 1.66. The Morgan fingerprint density at radius 2 is 2.17 bits per heavy atom. The van der Waals surface area contributed by atoms with E-state index < -0.39 is 0 Å². The van der Waals surface area contributed by atoms with E-state index in [1.165, 1.54) is 5.56 Å². The SMILES string of the molecule is COc1ccc(C(NN)C2CCOCC2)cc1Br. The first-order valence-electron chi connectivity index (χ1n) is 6.13. The van der Waals surface area contributed by atoms with Gasteiger partial charge in [-0.15, -0.1) is 0 Å². The molecular weight excluding hydrogens is 296 g/mol. The van der Waals surface area contributed by atoms with Gasteiger partial charge in [-0.1, -0.05) is 6.07 Å². The molecule has 1 fully saturated rings. The van der Waals surface area contributed by atoms with Crippen LogP contribution in [-0.2, 0) is 4.74 Å². The molecule has 2 rings (SSSR count). The van der Waals surface area contributed by atoms with Crippen LogP contribution in [0.5, 0.6) is 5.75 Å². The highest BCUT2D eigenvalue weighted by Crippen LogP contribution is 2.33. The van der Waals surface area contributed by atoms with Crippen LogP contribution in [0.3, 0.4) is 0 Å². The molecule has 0 radical (unpaired) electrons. The molecule has 3 N–H and O–H groups in total. The minimum absolute atomic E-state index is 0.163. The maximum atomic E-state index is 5.72. The number of benzene rings is 1. The first-order valence-corrected chi connectivity index (χ1v) is 6.93. The Morgan fingerprint density at radius 3 is 2.72 bits per heavy atom. The Morgan fingerprint density at radius 1 is 1.44 bits per heavy atom. The van der Waals surface area contributed by atoms with E-state index in [9.17, 15) is 0 Å². The molecule has 18 heavy (non-hydrogen) atoms. The Balaban J connectivity index is 2.18. The van der Waals surface area contributed by atoms with Gasteiger partial charge in [0.2, 0.25) is 0 Å². The molecule has 0 aliphatic carbocycles. The van der Waals surface area contributed by atoms with Gasteiger partial charge in [0.1, 0.15) is 5.75 Å². The van der Waals surface area contributed by atoms with Gasteiger partial charge in [0.25, 0.3) is 0 Å². The number of ether oxygens (including phenoxy) is 2. The maximum Gasteiger partial charge on any atom is 0.133 e. The van der Waals surface area contributed by atoms with E-state index in [4.69, 9.17) is 15.3 Å². The number of nitrogens with two attached hydrogens (primary N) is 1. The van der Waals surface area contributed by atoms with E-state index in [-0.39, 0.29) is 6.04 Å². The van der Waals surface area contributed by atoms with Crippen molar-refractivity contribution in [1.29, 1.82) is 0 Å². The highest BCUT2D eigenvalue weighted by Gasteiger charge is 2.24. The predicted octanol–water partition coefficient (Wildman–Crippen LogP) is 2.39. The second-order valence-electron chi connectivity index (χ2n) is 4.49. The number of hydrazine groups is 1. The van der Waals surface area contributed by atoms with Crippen LogP contribution in [-0.4, -0.2) is 20.3 Å². The zero-order valence-electron chi connectivity index (χ0n) is 10.5. The summed E-state index contributed by atoms with van der Waals surface area (Å²) < 4.78 is 11.6. The summed E-state index contributed by atoms with van der Waals surface area (Å²) in [5.74, 6) is 7.07. The third kappa shape index (κ3) is 3.03. The highest BCUT2D eigenvalue weighted by molar-refractivity contribution is 9.10. The third-order valence-corrected chi connectivity index (χ3v) is 4.07. The fraction of sp³-hybridized carbons (Fsp3) is 0.538. The van der Waals surface area contributed by atoms with Gasteiger partial charge in [0, 0.05) is 19.3 Å². The summed E-state index contributed by atoms with van der Waals surface area (Å²) >= 11 is 3.51. The molecule has 0 amide bonds. The van der Waals surface area contributed by atoms with Crippen LogP contribution in [0.15, 0.2) is 22.7 Å². The molecule has 1 heterocycles. The molecule has 1 aliphatic rings. The smallest absolute Gasteiger partial charge is 0.133 e. The number of hydrogen-bond donors (Lipinski definition) is 2. The van der Waals surface area contributed by atoms with Gasteiger partial charge in [-0.25, -0.2) is 0 Å². The van der Waals surface area contributed by atoms with Gasteiger partial charge >= 0.3 is 0 Å². The first-order chi connectivity index (χ1) is 8.76. The minimum Gasteiger partial charge on any atom is -0.496 e. The van der Waals surface area contributed by atoms with Crippen molar-refractivity contribution in [3.05, 3.63) is 28.2 Å². The van der Waals surface area contributed by atoms with Crippen molar-refractivity contribution in [3.8, 4) is 5.75 Å². The van der Waals surface area contributed by atoms with Crippen molar-refractivity contribution >= 4 is 15.9 Å². The lowest BCUT2D eigenvalue weighted by atomic mass is 9.87. The van der Waals surface area contributed by atoms with Gasteiger partial charge in [0.05, 0.1) is 11.6 Å². The molecule has 1 aliphatic heterocycles. The lowest BCUT2D eigenvalue weighted by Gasteiger charge is -2.30. The van der Waals surface area contributed by atoms with Crippen molar-refractivity contribution < 1.29 is 9.47 Å². The van der Waals surface area contributed by atoms with Crippen molar-refractivity contribution in [2.45, 2.75) is 18.9 Å². The molecule has 100 valence electrons. The van der Waals surface area contributed by atoms with Gasteiger partial charge < -0.3 is 9.47 Å². The Labute approximate surface area is 116 Å². The number of rotatable bonds is 4. The van der Waals surface area contributed by atoms with Crippen LogP contribution in [0.2, 0.25) is 0 Å². The second-order valence-corrected chi connectivity index (χ2v) is 5.34. The fourth-order valence-corrected chi connectivity index (χ4v) is 2.99.